The first-order valence-electron chi connectivity index (χ1n) is 5.72. The Balaban J connectivity index is 2.47. The van der Waals surface area contributed by atoms with E-state index in [1.165, 1.54) is 6.34 Å². The number of rotatable bonds is 3. The first-order chi connectivity index (χ1) is 8.04. The third-order valence-corrected chi connectivity index (χ3v) is 4.05. The first-order valence-corrected chi connectivity index (χ1v) is 7.16. The Morgan fingerprint density at radius 1 is 1.35 bits per heavy atom. The second-order valence-corrected chi connectivity index (χ2v) is 5.81. The first kappa shape index (κ1) is 12.1. The lowest BCUT2D eigenvalue weighted by atomic mass is 10.2. The van der Waals surface area contributed by atoms with Gasteiger partial charge in [0, 0.05) is 6.54 Å². The lowest BCUT2D eigenvalue weighted by Gasteiger charge is -2.25. The highest BCUT2D eigenvalue weighted by Gasteiger charge is 2.24. The highest BCUT2D eigenvalue weighted by molar-refractivity contribution is 7.90. The molecular weight excluding hydrogens is 236 g/mol. The summed E-state index contributed by atoms with van der Waals surface area (Å²) in [6.07, 6.45) is 3.50. The van der Waals surface area contributed by atoms with Crippen LogP contribution in [0.25, 0.3) is 0 Å². The van der Waals surface area contributed by atoms with Crippen LogP contribution in [0.4, 0.5) is 5.69 Å². The number of hydrogen-bond acceptors (Lipinski definition) is 3. The molecule has 0 atom stereocenters. The molecule has 0 radical (unpaired) electrons. The van der Waals surface area contributed by atoms with E-state index in [0.29, 0.717) is 4.90 Å². The molecule has 0 N–H and O–H groups in total. The van der Waals surface area contributed by atoms with Gasteiger partial charge in [-0.1, -0.05) is 19.4 Å². The zero-order chi connectivity index (χ0) is 12.5. The Kier molecular flexibility index (Phi) is 3.19. The molecule has 0 saturated carbocycles. The SMILES string of the molecule is CCCCN1C=NS(=O)(=O)c2ccc(C)cc21. The van der Waals surface area contributed by atoms with Crippen molar-refractivity contribution in [3.8, 4) is 0 Å². The highest BCUT2D eigenvalue weighted by atomic mass is 32.2. The van der Waals surface area contributed by atoms with Crippen LogP contribution in [0.15, 0.2) is 27.5 Å². The monoisotopic (exact) mass is 252 g/mol. The van der Waals surface area contributed by atoms with Gasteiger partial charge in [-0.25, -0.2) is 0 Å². The van der Waals surface area contributed by atoms with Crippen LogP contribution in [-0.4, -0.2) is 21.3 Å². The van der Waals surface area contributed by atoms with E-state index < -0.39 is 10.0 Å². The van der Waals surface area contributed by atoms with Crippen molar-refractivity contribution >= 4 is 22.0 Å². The summed E-state index contributed by atoms with van der Waals surface area (Å²) in [7, 11) is -3.49. The molecule has 2 rings (SSSR count). The van der Waals surface area contributed by atoms with Crippen molar-refractivity contribution in [1.82, 2.24) is 0 Å². The normalized spacial score (nSPS) is 16.9. The zero-order valence-corrected chi connectivity index (χ0v) is 10.9. The van der Waals surface area contributed by atoms with Gasteiger partial charge in [-0.05, 0) is 31.0 Å². The molecular formula is C12H16N2O2S. The molecule has 17 heavy (non-hydrogen) atoms. The highest BCUT2D eigenvalue weighted by Crippen LogP contribution is 2.30. The minimum atomic E-state index is -3.49. The quantitative estimate of drug-likeness (QED) is 0.829. The lowest BCUT2D eigenvalue weighted by molar-refractivity contribution is 0.597. The van der Waals surface area contributed by atoms with Crippen molar-refractivity contribution in [3.63, 3.8) is 0 Å². The average molecular weight is 252 g/mol. The number of benzene rings is 1. The summed E-state index contributed by atoms with van der Waals surface area (Å²) in [5, 5.41) is 0. The summed E-state index contributed by atoms with van der Waals surface area (Å²) in [6.45, 7) is 4.86. The van der Waals surface area contributed by atoms with E-state index in [0.717, 1.165) is 30.6 Å². The summed E-state index contributed by atoms with van der Waals surface area (Å²) in [6, 6.07) is 5.33. The molecule has 0 aliphatic carbocycles. The smallest absolute Gasteiger partial charge is 0.285 e. The van der Waals surface area contributed by atoms with Gasteiger partial charge in [0.1, 0.15) is 11.2 Å². The number of nitrogens with zero attached hydrogens (tertiary/aromatic N) is 2. The minimum absolute atomic E-state index is 0.307. The molecule has 0 spiro atoms. The molecule has 4 nitrogen and oxygen atoms in total. The third kappa shape index (κ3) is 2.34. The molecule has 0 amide bonds. The van der Waals surface area contributed by atoms with Crippen LogP contribution >= 0.6 is 0 Å². The fourth-order valence-electron chi connectivity index (χ4n) is 1.81. The summed E-state index contributed by atoms with van der Waals surface area (Å²) in [5.74, 6) is 0. The van der Waals surface area contributed by atoms with Crippen LogP contribution in [0.3, 0.4) is 0 Å². The molecule has 1 aromatic rings. The van der Waals surface area contributed by atoms with Gasteiger partial charge in [0.25, 0.3) is 10.0 Å². The molecule has 1 aromatic carbocycles. The van der Waals surface area contributed by atoms with Crippen molar-refractivity contribution in [2.24, 2.45) is 4.40 Å². The summed E-state index contributed by atoms with van der Waals surface area (Å²) >= 11 is 0. The largest absolute Gasteiger partial charge is 0.331 e. The van der Waals surface area contributed by atoms with Crippen molar-refractivity contribution in [3.05, 3.63) is 23.8 Å². The molecule has 1 aliphatic heterocycles. The van der Waals surface area contributed by atoms with Gasteiger partial charge >= 0.3 is 0 Å². The number of fused-ring (bicyclic) bond motifs is 1. The Bertz CT molecular complexity index is 550. The Morgan fingerprint density at radius 3 is 2.82 bits per heavy atom. The second-order valence-electron chi connectivity index (χ2n) is 4.21. The topological polar surface area (TPSA) is 49.7 Å². The molecule has 92 valence electrons. The summed E-state index contributed by atoms with van der Waals surface area (Å²) in [5.41, 5.74) is 1.80. The standard InChI is InChI=1S/C12H16N2O2S/c1-3-4-7-14-9-13-17(15,16)12-6-5-10(2)8-11(12)14/h5-6,8-9H,3-4,7H2,1-2H3. The Morgan fingerprint density at radius 2 is 2.12 bits per heavy atom. The van der Waals surface area contributed by atoms with E-state index in [2.05, 4.69) is 11.3 Å². The number of unbranched alkanes of at least 4 members (excludes halogenated alkanes) is 1. The van der Waals surface area contributed by atoms with E-state index in [1.807, 2.05) is 17.9 Å². The van der Waals surface area contributed by atoms with Crippen LogP contribution in [0.2, 0.25) is 0 Å². The van der Waals surface area contributed by atoms with Crippen molar-refractivity contribution in [2.45, 2.75) is 31.6 Å². The fourth-order valence-corrected chi connectivity index (χ4v) is 2.85. The van der Waals surface area contributed by atoms with E-state index in [-0.39, 0.29) is 0 Å². The Labute approximate surface area is 102 Å². The average Bonchev–Trinajstić information content (AvgIpc) is 2.28. The third-order valence-electron chi connectivity index (χ3n) is 2.78. The molecule has 5 heteroatoms. The molecule has 1 heterocycles. The van der Waals surface area contributed by atoms with Crippen molar-refractivity contribution < 1.29 is 8.42 Å². The van der Waals surface area contributed by atoms with Crippen LogP contribution in [0, 0.1) is 6.92 Å². The van der Waals surface area contributed by atoms with Gasteiger partial charge in [0.2, 0.25) is 0 Å². The molecule has 1 aliphatic rings. The van der Waals surface area contributed by atoms with Crippen LogP contribution in [0.5, 0.6) is 0 Å². The van der Waals surface area contributed by atoms with Gasteiger partial charge in [-0.3, -0.25) is 0 Å². The molecule has 0 bridgehead atoms. The van der Waals surface area contributed by atoms with Gasteiger partial charge in [0.15, 0.2) is 0 Å². The van der Waals surface area contributed by atoms with Gasteiger partial charge in [-0.2, -0.15) is 8.42 Å². The van der Waals surface area contributed by atoms with Crippen LogP contribution in [-0.2, 0) is 10.0 Å². The number of hydrogen-bond donors (Lipinski definition) is 0. The number of aryl methyl sites for hydroxylation is 1. The maximum atomic E-state index is 11.8. The second kappa shape index (κ2) is 4.49. The molecule has 0 unspecified atom stereocenters. The minimum Gasteiger partial charge on any atom is -0.331 e. The number of sulfonamides is 1. The zero-order valence-electron chi connectivity index (χ0n) is 10.0. The van der Waals surface area contributed by atoms with Crippen LogP contribution in [0.1, 0.15) is 25.3 Å². The summed E-state index contributed by atoms with van der Waals surface area (Å²) in [4.78, 5) is 2.22. The lowest BCUT2D eigenvalue weighted by Crippen LogP contribution is -2.28. The summed E-state index contributed by atoms with van der Waals surface area (Å²) < 4.78 is 27.2. The molecule has 0 fully saturated rings. The predicted molar refractivity (Wildman–Crippen MR) is 69.1 cm³/mol. The van der Waals surface area contributed by atoms with Crippen molar-refractivity contribution in [1.29, 1.82) is 0 Å². The maximum Gasteiger partial charge on any atom is 0.285 e. The van der Waals surface area contributed by atoms with Crippen molar-refractivity contribution in [2.75, 3.05) is 11.4 Å². The fraction of sp³-hybridized carbons (Fsp3) is 0.417. The van der Waals surface area contributed by atoms with Gasteiger partial charge in [-0.15, -0.1) is 4.40 Å². The van der Waals surface area contributed by atoms with Gasteiger partial charge in [0.05, 0.1) is 5.69 Å². The van der Waals surface area contributed by atoms with E-state index >= 15 is 0 Å². The van der Waals surface area contributed by atoms with Crippen LogP contribution < -0.4 is 4.90 Å². The maximum absolute atomic E-state index is 11.8. The molecule has 0 saturated heterocycles. The van der Waals surface area contributed by atoms with E-state index in [1.54, 1.807) is 12.1 Å². The molecule has 0 aromatic heterocycles. The predicted octanol–water partition coefficient (Wildman–Crippen LogP) is 2.33. The van der Waals surface area contributed by atoms with E-state index in [9.17, 15) is 8.42 Å². The Hall–Kier alpha value is -1.36. The van der Waals surface area contributed by atoms with Gasteiger partial charge < -0.3 is 4.90 Å². The number of anilines is 1. The van der Waals surface area contributed by atoms with E-state index in [4.69, 9.17) is 0 Å².